The van der Waals surface area contributed by atoms with E-state index in [0.29, 0.717) is 187 Å². The van der Waals surface area contributed by atoms with Gasteiger partial charge < -0.3 is 109 Å². The van der Waals surface area contributed by atoms with Gasteiger partial charge in [-0.25, -0.2) is 0 Å². The van der Waals surface area contributed by atoms with E-state index in [1.54, 1.807) is 121 Å². The van der Waals surface area contributed by atoms with Gasteiger partial charge in [0.05, 0.1) is 154 Å². The SMILES string of the molecule is O=C(NCc1ccccc1)C(=O)[C@@H]1C/C=C/COCCOCc2ccccc2C(=O)N1.O=C(NCc1ccccc1)C(=O)[C@@H]1C/C=C\COCCOCc2ccccc2C(=O)N1.O=C[C@@H]1C/C=C/COCCOCc2ccccc2C(=O)N1.O=C[C@@H]1C/C=C\COCCOCc2ccccc2C(=O)N1.O=C[C@@H]1CC=CCCCCOc2ccccc2C(=O)N1.O=C[C@@H]1CCCCCCCOc2ccccc2C(=O)N1. The maximum atomic E-state index is 12.9. The highest BCUT2D eigenvalue weighted by molar-refractivity contribution is 6.39. The smallest absolute Gasteiger partial charge is 0.289 e. The number of benzene rings is 8. The Labute approximate surface area is 840 Å². The minimum Gasteiger partial charge on any atom is -0.493 e. The van der Waals surface area contributed by atoms with Crippen molar-refractivity contribution in [3.8, 4) is 11.5 Å². The molecule has 0 aromatic heterocycles. The van der Waals surface area contributed by atoms with Gasteiger partial charge in [-0.15, -0.1) is 0 Å². The van der Waals surface area contributed by atoms with E-state index < -0.39 is 71.4 Å². The van der Waals surface area contributed by atoms with Crippen LogP contribution in [0.3, 0.4) is 0 Å². The maximum absolute atomic E-state index is 12.9. The number of amides is 8. The number of hydrogen-bond acceptors (Lipinski definition) is 24. The van der Waals surface area contributed by atoms with Gasteiger partial charge in [0.1, 0.15) is 48.7 Å². The molecule has 0 aliphatic carbocycles. The summed E-state index contributed by atoms with van der Waals surface area (Å²) in [4.78, 5) is 169. The van der Waals surface area contributed by atoms with Crippen LogP contribution in [0.25, 0.3) is 0 Å². The van der Waals surface area contributed by atoms with Gasteiger partial charge >= 0.3 is 0 Å². The molecule has 0 saturated carbocycles. The summed E-state index contributed by atoms with van der Waals surface area (Å²) >= 11 is 0. The summed E-state index contributed by atoms with van der Waals surface area (Å²) in [6.45, 7) is 8.12. The van der Waals surface area contributed by atoms with Gasteiger partial charge in [-0.05, 0) is 146 Å². The molecule has 6 heterocycles. The average Bonchev–Trinajstić information content (AvgIpc) is 0.832. The zero-order chi connectivity index (χ0) is 102. The molecule has 144 heavy (non-hydrogen) atoms. The molecule has 0 fully saturated rings. The summed E-state index contributed by atoms with van der Waals surface area (Å²) < 4.78 is 55.2. The topological polar surface area (TPSA) is 428 Å². The first-order chi connectivity index (χ1) is 70.5. The predicted octanol–water partition coefficient (Wildman–Crippen LogP) is 12.5. The van der Waals surface area contributed by atoms with Crippen LogP contribution in [0, 0.1) is 0 Å². The van der Waals surface area contributed by atoms with Crippen LogP contribution in [0.5, 0.6) is 11.5 Å². The molecule has 6 aliphatic rings. The molecule has 0 unspecified atom stereocenters. The van der Waals surface area contributed by atoms with E-state index >= 15 is 0 Å². The standard InChI is InChI=1S/2C24H26N2O5.2C16H19NO4.C16H21NO3.C16H19NO3/c2*27-22(24(29)25-16-18-8-2-1-3-9-18)21-12-6-7-13-30-14-15-31-17-19-10-4-5-11-20(19)23(28)26-21;2*18-11-14-6-3-4-8-20-9-10-21-12-13-5-1-2-7-15(13)16(19)17-14;2*18-12-13-8-4-2-1-3-7-11-20-15-10-6-5-9-14(15)16(19)17-13/h2*1-11,21H,12-17H2,(H,25,29)(H,26,28);2*1-5,7,11,14H,6,8-10,12H2,(H,17,19);5-6,9-10,12-13H,1-4,7-8,11H2,(H,17,19);2,4-6,9-10,12-13H,1,3,7-8,11H2,(H,17,19)/b7-6+;7-6-;4-3+;4-3-;;/t2*21-;2*14-;2*13-/m000000/s1. The summed E-state index contributed by atoms with van der Waals surface area (Å²) in [5.41, 5.74) is 7.62. The lowest BCUT2D eigenvalue weighted by Gasteiger charge is -2.18. The molecule has 8 N–H and O–H groups in total. The first-order valence-electron chi connectivity index (χ1n) is 48.5. The van der Waals surface area contributed by atoms with Crippen LogP contribution >= 0.6 is 0 Å². The highest BCUT2D eigenvalue weighted by Crippen LogP contribution is 2.24. The summed E-state index contributed by atoms with van der Waals surface area (Å²) in [5.74, 6) is -3.58. The Morgan fingerprint density at radius 1 is 0.271 bits per heavy atom. The first-order valence-corrected chi connectivity index (χ1v) is 48.5. The van der Waals surface area contributed by atoms with E-state index in [9.17, 15) is 67.1 Å². The summed E-state index contributed by atoms with van der Waals surface area (Å²) in [6.07, 6.45) is 32.1. The van der Waals surface area contributed by atoms with Gasteiger partial charge in [0.15, 0.2) is 0 Å². The number of carbonyl (C=O) groups is 14. The van der Waals surface area contributed by atoms with E-state index in [1.165, 1.54) is 0 Å². The van der Waals surface area contributed by atoms with E-state index in [2.05, 4.69) is 42.5 Å². The third-order valence-corrected chi connectivity index (χ3v) is 22.6. The van der Waals surface area contributed by atoms with Gasteiger partial charge in [0.25, 0.3) is 47.3 Å². The Morgan fingerprint density at radius 2 is 0.549 bits per heavy atom. The van der Waals surface area contributed by atoms with Crippen LogP contribution in [0.15, 0.2) is 267 Å². The number of para-hydroxylation sites is 2. The molecule has 6 aliphatic heterocycles. The molecule has 32 nitrogen and oxygen atoms in total. The Hall–Kier alpha value is -14.5. The normalized spacial score (nSPS) is 20.4. The Kier molecular flexibility index (Phi) is 53.3. The van der Waals surface area contributed by atoms with E-state index in [-0.39, 0.29) is 62.8 Å². The third-order valence-electron chi connectivity index (χ3n) is 22.6. The predicted molar refractivity (Wildman–Crippen MR) is 540 cm³/mol. The van der Waals surface area contributed by atoms with E-state index in [1.807, 2.05) is 146 Å². The van der Waals surface area contributed by atoms with E-state index in [0.717, 1.165) is 98.8 Å². The molecular weight excluding hydrogens is 1840 g/mol. The second-order valence-electron chi connectivity index (χ2n) is 33.4. The van der Waals surface area contributed by atoms with Crippen LogP contribution in [-0.2, 0) is 116 Å². The molecule has 14 rings (SSSR count). The number of nitrogens with one attached hydrogen (secondary N) is 8. The van der Waals surface area contributed by atoms with Crippen LogP contribution < -0.4 is 52.0 Å². The monoisotopic (exact) mass is 1970 g/mol. The number of hydrogen-bond donors (Lipinski definition) is 8. The number of Topliss-reactive ketones (excluding diaryl/α,β-unsaturated/α-hetero) is 2. The van der Waals surface area contributed by atoms with Crippen molar-refractivity contribution in [1.29, 1.82) is 0 Å². The second-order valence-corrected chi connectivity index (χ2v) is 33.4. The molecule has 0 spiro atoms. The fourth-order valence-corrected chi connectivity index (χ4v) is 14.7. The lowest BCUT2D eigenvalue weighted by Crippen LogP contribution is -2.47. The molecule has 0 radical (unpaired) electrons. The first kappa shape index (κ1) is 113. The van der Waals surface area contributed by atoms with Crippen molar-refractivity contribution in [3.05, 3.63) is 334 Å². The number of ketones is 2. The number of allylic oxidation sites excluding steroid dienone is 1. The summed E-state index contributed by atoms with van der Waals surface area (Å²) in [7, 11) is 0. The minimum absolute atomic E-state index is 0.186. The summed E-state index contributed by atoms with van der Waals surface area (Å²) in [6, 6.07) is 57.4. The molecule has 8 amide bonds. The summed E-state index contributed by atoms with van der Waals surface area (Å²) in [5, 5.41) is 21.6. The molecule has 0 saturated heterocycles. The average molecular weight is 1970 g/mol. The Balaban J connectivity index is 0.000000195. The molecule has 762 valence electrons. The fraction of sp³-hybridized carbons (Fsp3) is 0.357. The Morgan fingerprint density at radius 3 is 0.910 bits per heavy atom. The molecule has 32 heteroatoms. The lowest BCUT2D eigenvalue weighted by atomic mass is 10.0. The van der Waals surface area contributed by atoms with Gasteiger partial charge in [-0.1, -0.05) is 244 Å². The van der Waals surface area contributed by atoms with Gasteiger partial charge in [0, 0.05) is 35.3 Å². The highest BCUT2D eigenvalue weighted by atomic mass is 16.5. The zero-order valence-electron chi connectivity index (χ0n) is 81.0. The zero-order valence-corrected chi connectivity index (χ0v) is 81.0. The number of rotatable bonds is 12. The number of aldehydes is 4. The number of fused-ring (bicyclic) bond motifs is 6. The highest BCUT2D eigenvalue weighted by Gasteiger charge is 2.30. The lowest BCUT2D eigenvalue weighted by molar-refractivity contribution is -0.139. The van der Waals surface area contributed by atoms with Crippen LogP contribution in [0.4, 0.5) is 0 Å². The molecule has 8 aromatic carbocycles. The molecule has 6 atom stereocenters. The third kappa shape index (κ3) is 42.4. The quantitative estimate of drug-likeness (QED) is 0.0320. The van der Waals surface area contributed by atoms with Crippen LogP contribution in [-0.4, -0.2) is 213 Å². The molecule has 0 bridgehead atoms. The van der Waals surface area contributed by atoms with Gasteiger partial charge in [-0.3, -0.25) is 47.9 Å². The van der Waals surface area contributed by atoms with Crippen LogP contribution in [0.2, 0.25) is 0 Å². The van der Waals surface area contributed by atoms with Crippen molar-refractivity contribution in [2.75, 3.05) is 92.5 Å². The van der Waals surface area contributed by atoms with Crippen molar-refractivity contribution in [2.24, 2.45) is 0 Å². The molecular formula is C112H130N8O24. The molecule has 8 aromatic rings. The van der Waals surface area contributed by atoms with Crippen molar-refractivity contribution in [3.63, 3.8) is 0 Å². The minimum atomic E-state index is -0.989. The van der Waals surface area contributed by atoms with Crippen molar-refractivity contribution in [1.82, 2.24) is 42.5 Å². The number of ether oxygens (including phenoxy) is 10. The van der Waals surface area contributed by atoms with Crippen molar-refractivity contribution < 1.29 is 114 Å². The van der Waals surface area contributed by atoms with Crippen LogP contribution in [0.1, 0.15) is 185 Å². The van der Waals surface area contributed by atoms with E-state index in [4.69, 9.17) is 47.4 Å². The van der Waals surface area contributed by atoms with Crippen molar-refractivity contribution >= 4 is 84.0 Å². The number of carbonyl (C=O) groups excluding carboxylic acids is 14. The maximum Gasteiger partial charge on any atom is 0.289 e. The van der Waals surface area contributed by atoms with Gasteiger partial charge in [-0.2, -0.15) is 0 Å². The largest absolute Gasteiger partial charge is 0.493 e. The van der Waals surface area contributed by atoms with Gasteiger partial charge in [0.2, 0.25) is 11.6 Å². The Bertz CT molecular complexity index is 5280. The fourth-order valence-electron chi connectivity index (χ4n) is 14.7. The second kappa shape index (κ2) is 67.8. The van der Waals surface area contributed by atoms with Crippen molar-refractivity contribution in [2.45, 2.75) is 166 Å².